The third kappa shape index (κ3) is 2.76. The van der Waals surface area contributed by atoms with Crippen molar-refractivity contribution in [2.24, 2.45) is 0 Å². The smallest absolute Gasteiger partial charge is 0.235 e. The summed E-state index contributed by atoms with van der Waals surface area (Å²) in [7, 11) is -3.28. The number of hydrogen-bond acceptors (Lipinski definition) is 3. The molecule has 0 aromatic heterocycles. The Kier molecular flexibility index (Phi) is 3.53. The predicted molar refractivity (Wildman–Crippen MR) is 85.5 cm³/mol. The van der Waals surface area contributed by atoms with E-state index < -0.39 is 15.3 Å². The van der Waals surface area contributed by atoms with Crippen LogP contribution in [0.15, 0.2) is 59.5 Å². The second-order valence-electron chi connectivity index (χ2n) is 5.70. The molecule has 1 N–H and O–H groups in total. The third-order valence-corrected chi connectivity index (χ3v) is 5.14. The summed E-state index contributed by atoms with van der Waals surface area (Å²) in [5, 5.41) is 2.85. The second kappa shape index (κ2) is 5.25. The molecule has 0 radical (unpaired) electrons. The summed E-state index contributed by atoms with van der Waals surface area (Å²) in [6.45, 7) is 0. The van der Waals surface area contributed by atoms with Gasteiger partial charge in [0.15, 0.2) is 9.84 Å². The van der Waals surface area contributed by atoms with E-state index in [1.165, 1.54) is 12.1 Å². The summed E-state index contributed by atoms with van der Waals surface area (Å²) >= 11 is 0. The van der Waals surface area contributed by atoms with Gasteiger partial charge in [0.25, 0.3) is 0 Å². The molecule has 0 saturated heterocycles. The largest absolute Gasteiger partial charge is 0.325 e. The average Bonchev–Trinajstić information content (AvgIpc) is 3.29. The zero-order chi connectivity index (χ0) is 15.8. The zero-order valence-electron chi connectivity index (χ0n) is 12.2. The molecule has 0 atom stereocenters. The molecule has 0 aliphatic heterocycles. The lowest BCUT2D eigenvalue weighted by molar-refractivity contribution is -0.118. The molecular formula is C17H17NO3S. The number of amides is 1. The van der Waals surface area contributed by atoms with Crippen LogP contribution in [0.1, 0.15) is 18.4 Å². The van der Waals surface area contributed by atoms with Crippen molar-refractivity contribution >= 4 is 21.4 Å². The fraction of sp³-hybridized carbons (Fsp3) is 0.235. The lowest BCUT2D eigenvalue weighted by Crippen LogP contribution is -2.27. The third-order valence-electron chi connectivity index (χ3n) is 4.03. The molecule has 1 fully saturated rings. The topological polar surface area (TPSA) is 63.2 Å². The van der Waals surface area contributed by atoms with Gasteiger partial charge in [-0.2, -0.15) is 0 Å². The van der Waals surface area contributed by atoms with Crippen LogP contribution >= 0.6 is 0 Å². The Morgan fingerprint density at radius 1 is 1.05 bits per heavy atom. The first kappa shape index (κ1) is 14.8. The van der Waals surface area contributed by atoms with Crippen molar-refractivity contribution in [2.75, 3.05) is 11.6 Å². The number of anilines is 1. The van der Waals surface area contributed by atoms with Crippen LogP contribution in [0, 0.1) is 0 Å². The number of sulfone groups is 1. The van der Waals surface area contributed by atoms with Gasteiger partial charge < -0.3 is 5.32 Å². The van der Waals surface area contributed by atoms with Gasteiger partial charge in [0.1, 0.15) is 0 Å². The van der Waals surface area contributed by atoms with E-state index in [2.05, 4.69) is 5.32 Å². The molecule has 0 unspecified atom stereocenters. The molecule has 3 rings (SSSR count). The standard InChI is InChI=1S/C17H17NO3S/c1-22(20,21)15-9-5-8-14(12-15)18-16(19)17(10-11-17)13-6-3-2-4-7-13/h2-9,12H,10-11H2,1H3,(H,18,19). The molecule has 1 saturated carbocycles. The fourth-order valence-corrected chi connectivity index (χ4v) is 3.25. The zero-order valence-corrected chi connectivity index (χ0v) is 13.1. The number of carbonyl (C=O) groups is 1. The van der Waals surface area contributed by atoms with Crippen LogP contribution in [0.4, 0.5) is 5.69 Å². The molecule has 2 aromatic rings. The highest BCUT2D eigenvalue weighted by Gasteiger charge is 2.51. The Morgan fingerprint density at radius 2 is 1.73 bits per heavy atom. The van der Waals surface area contributed by atoms with Gasteiger partial charge in [-0.25, -0.2) is 8.42 Å². The molecule has 1 amide bonds. The number of benzene rings is 2. The minimum absolute atomic E-state index is 0.0793. The lowest BCUT2D eigenvalue weighted by atomic mass is 9.95. The van der Waals surface area contributed by atoms with Gasteiger partial charge in [0.05, 0.1) is 10.3 Å². The maximum atomic E-state index is 12.6. The Morgan fingerprint density at radius 3 is 2.32 bits per heavy atom. The molecule has 1 aliphatic rings. The van der Waals surface area contributed by atoms with Crippen LogP contribution in [-0.4, -0.2) is 20.6 Å². The molecular weight excluding hydrogens is 298 g/mol. The van der Waals surface area contributed by atoms with Crippen molar-refractivity contribution in [3.05, 3.63) is 60.2 Å². The SMILES string of the molecule is CS(=O)(=O)c1cccc(NC(=O)C2(c3ccccc3)CC2)c1. The van der Waals surface area contributed by atoms with Crippen LogP contribution in [-0.2, 0) is 20.0 Å². The lowest BCUT2D eigenvalue weighted by Gasteiger charge is -2.16. The molecule has 114 valence electrons. The van der Waals surface area contributed by atoms with Gasteiger partial charge in [-0.3, -0.25) is 4.79 Å². The highest BCUT2D eigenvalue weighted by Crippen LogP contribution is 2.48. The fourth-order valence-electron chi connectivity index (χ4n) is 2.58. The Bertz CT molecular complexity index is 809. The number of hydrogen-bond donors (Lipinski definition) is 1. The van der Waals surface area contributed by atoms with E-state index in [1.54, 1.807) is 12.1 Å². The van der Waals surface area contributed by atoms with Crippen LogP contribution in [0.5, 0.6) is 0 Å². The van der Waals surface area contributed by atoms with E-state index >= 15 is 0 Å². The van der Waals surface area contributed by atoms with Gasteiger partial charge in [0.2, 0.25) is 5.91 Å². The predicted octanol–water partition coefficient (Wildman–Crippen LogP) is 2.76. The van der Waals surface area contributed by atoms with Crippen LogP contribution in [0.3, 0.4) is 0 Å². The normalized spacial score (nSPS) is 16.0. The van der Waals surface area contributed by atoms with E-state index in [9.17, 15) is 13.2 Å². The Hall–Kier alpha value is -2.14. The Balaban J connectivity index is 1.84. The van der Waals surface area contributed by atoms with Crippen molar-refractivity contribution in [3.63, 3.8) is 0 Å². The van der Waals surface area contributed by atoms with Crippen LogP contribution < -0.4 is 5.32 Å². The molecule has 4 nitrogen and oxygen atoms in total. The molecule has 0 spiro atoms. The first-order valence-electron chi connectivity index (χ1n) is 7.09. The van der Waals surface area contributed by atoms with E-state index in [1.807, 2.05) is 30.3 Å². The summed E-state index contributed by atoms with van der Waals surface area (Å²) in [4.78, 5) is 12.8. The minimum atomic E-state index is -3.28. The molecule has 0 heterocycles. The molecule has 2 aromatic carbocycles. The summed E-state index contributed by atoms with van der Waals surface area (Å²) in [6, 6.07) is 16.0. The van der Waals surface area contributed by atoms with E-state index in [0.29, 0.717) is 5.69 Å². The maximum Gasteiger partial charge on any atom is 0.235 e. The average molecular weight is 315 g/mol. The van der Waals surface area contributed by atoms with Crippen molar-refractivity contribution in [2.45, 2.75) is 23.2 Å². The van der Waals surface area contributed by atoms with Crippen molar-refractivity contribution in [1.29, 1.82) is 0 Å². The van der Waals surface area contributed by atoms with Crippen LogP contribution in [0.25, 0.3) is 0 Å². The van der Waals surface area contributed by atoms with Crippen LogP contribution in [0.2, 0.25) is 0 Å². The van der Waals surface area contributed by atoms with Gasteiger partial charge in [0, 0.05) is 11.9 Å². The molecule has 1 aliphatic carbocycles. The summed E-state index contributed by atoms with van der Waals surface area (Å²) < 4.78 is 23.2. The number of carbonyl (C=O) groups excluding carboxylic acids is 1. The summed E-state index contributed by atoms with van der Waals surface area (Å²) in [6.07, 6.45) is 2.78. The summed E-state index contributed by atoms with van der Waals surface area (Å²) in [5.74, 6) is -0.0793. The van der Waals surface area contributed by atoms with Crippen molar-refractivity contribution in [1.82, 2.24) is 0 Å². The number of rotatable bonds is 4. The second-order valence-corrected chi connectivity index (χ2v) is 7.72. The monoisotopic (exact) mass is 315 g/mol. The van der Waals surface area contributed by atoms with E-state index in [4.69, 9.17) is 0 Å². The quantitative estimate of drug-likeness (QED) is 0.943. The highest BCUT2D eigenvalue weighted by molar-refractivity contribution is 7.90. The number of nitrogens with one attached hydrogen (secondary N) is 1. The first-order valence-corrected chi connectivity index (χ1v) is 8.98. The highest BCUT2D eigenvalue weighted by atomic mass is 32.2. The van der Waals surface area contributed by atoms with Gasteiger partial charge >= 0.3 is 0 Å². The maximum absolute atomic E-state index is 12.6. The summed E-state index contributed by atoms with van der Waals surface area (Å²) in [5.41, 5.74) is 1.05. The Labute approximate surface area is 130 Å². The van der Waals surface area contributed by atoms with Gasteiger partial charge in [-0.1, -0.05) is 36.4 Å². The van der Waals surface area contributed by atoms with Gasteiger partial charge in [-0.05, 0) is 36.6 Å². The molecule has 22 heavy (non-hydrogen) atoms. The van der Waals surface area contributed by atoms with E-state index in [0.717, 1.165) is 24.7 Å². The van der Waals surface area contributed by atoms with Crippen molar-refractivity contribution < 1.29 is 13.2 Å². The van der Waals surface area contributed by atoms with Gasteiger partial charge in [-0.15, -0.1) is 0 Å². The minimum Gasteiger partial charge on any atom is -0.325 e. The van der Waals surface area contributed by atoms with Crippen molar-refractivity contribution in [3.8, 4) is 0 Å². The molecule has 5 heteroatoms. The molecule has 0 bridgehead atoms. The van der Waals surface area contributed by atoms with E-state index in [-0.39, 0.29) is 10.8 Å². The first-order chi connectivity index (χ1) is 10.4.